The van der Waals surface area contributed by atoms with Crippen LogP contribution in [0.2, 0.25) is 0 Å². The first kappa shape index (κ1) is 25.5. The van der Waals surface area contributed by atoms with Crippen LogP contribution in [0, 0.1) is 5.82 Å². The van der Waals surface area contributed by atoms with E-state index < -0.39 is 0 Å². The Balaban J connectivity index is 0.00000289. The second kappa shape index (κ2) is 12.9. The molecule has 0 aliphatic carbocycles. The fraction of sp³-hybridized carbons (Fsp3) is 0.708. The van der Waals surface area contributed by atoms with E-state index in [4.69, 9.17) is 4.99 Å². The maximum absolute atomic E-state index is 14.0. The van der Waals surface area contributed by atoms with E-state index in [1.165, 1.54) is 32.4 Å². The third kappa shape index (κ3) is 6.70. The summed E-state index contributed by atoms with van der Waals surface area (Å²) < 4.78 is 14.0. The number of rotatable bonds is 7. The third-order valence-electron chi connectivity index (χ3n) is 6.91. The first-order chi connectivity index (χ1) is 15.2. The number of hydrogen-bond donors (Lipinski definition) is 1. The predicted octanol–water partition coefficient (Wildman–Crippen LogP) is 3.09. The number of para-hydroxylation sites is 1. The summed E-state index contributed by atoms with van der Waals surface area (Å²) in [5.74, 6) is 0.976. The summed E-state index contributed by atoms with van der Waals surface area (Å²) in [7, 11) is 0. The number of anilines is 1. The van der Waals surface area contributed by atoms with Crippen molar-refractivity contribution in [2.24, 2.45) is 4.99 Å². The van der Waals surface area contributed by atoms with Crippen molar-refractivity contribution in [2.45, 2.75) is 38.6 Å². The quantitative estimate of drug-likeness (QED) is 0.241. The van der Waals surface area contributed by atoms with Crippen molar-refractivity contribution in [3.63, 3.8) is 0 Å². The molecule has 3 aliphatic rings. The van der Waals surface area contributed by atoms with E-state index in [1.807, 2.05) is 12.1 Å². The van der Waals surface area contributed by atoms with Crippen LogP contribution in [-0.2, 0) is 0 Å². The van der Waals surface area contributed by atoms with Crippen molar-refractivity contribution in [3.8, 4) is 0 Å². The molecule has 1 aromatic carbocycles. The van der Waals surface area contributed by atoms with Gasteiger partial charge in [0.25, 0.3) is 0 Å². The molecule has 0 saturated carbocycles. The molecule has 0 radical (unpaired) electrons. The topological polar surface area (TPSA) is 37.4 Å². The molecule has 180 valence electrons. The van der Waals surface area contributed by atoms with Gasteiger partial charge < -0.3 is 15.1 Å². The highest BCUT2D eigenvalue weighted by Gasteiger charge is 2.30. The van der Waals surface area contributed by atoms with Gasteiger partial charge in [0.1, 0.15) is 5.82 Å². The Kier molecular flexibility index (Phi) is 10.3. The maximum atomic E-state index is 14.0. The summed E-state index contributed by atoms with van der Waals surface area (Å²) >= 11 is 0. The zero-order chi connectivity index (χ0) is 21.5. The molecular formula is C24H40FIN6. The number of aliphatic imine (C=N–C) groups is 1. The van der Waals surface area contributed by atoms with Crippen LogP contribution in [0.25, 0.3) is 0 Å². The lowest BCUT2D eigenvalue weighted by molar-refractivity contribution is 0.249. The van der Waals surface area contributed by atoms with Gasteiger partial charge in [-0.2, -0.15) is 0 Å². The van der Waals surface area contributed by atoms with Crippen LogP contribution in [-0.4, -0.2) is 98.7 Å². The highest BCUT2D eigenvalue weighted by atomic mass is 127. The van der Waals surface area contributed by atoms with Crippen molar-refractivity contribution in [3.05, 3.63) is 30.1 Å². The third-order valence-corrected chi connectivity index (χ3v) is 6.91. The van der Waals surface area contributed by atoms with Crippen LogP contribution in [0.15, 0.2) is 29.3 Å². The van der Waals surface area contributed by atoms with Gasteiger partial charge >= 0.3 is 0 Å². The molecule has 0 spiro atoms. The molecule has 1 unspecified atom stereocenters. The lowest BCUT2D eigenvalue weighted by Gasteiger charge is -2.36. The maximum Gasteiger partial charge on any atom is 0.193 e. The molecule has 3 heterocycles. The SMILES string of the molecule is CCNC(=NCCCN1CCN(c2ccccc2F)CC1)N1CCC(N2CCCC2)C1.I. The molecular weight excluding hydrogens is 518 g/mol. The van der Waals surface area contributed by atoms with E-state index in [0.29, 0.717) is 6.04 Å². The number of benzene rings is 1. The van der Waals surface area contributed by atoms with Crippen molar-refractivity contribution in [1.82, 2.24) is 20.0 Å². The van der Waals surface area contributed by atoms with E-state index in [0.717, 1.165) is 77.0 Å². The van der Waals surface area contributed by atoms with Gasteiger partial charge in [0.15, 0.2) is 5.96 Å². The molecule has 3 fully saturated rings. The Labute approximate surface area is 210 Å². The monoisotopic (exact) mass is 558 g/mol. The number of nitrogens with one attached hydrogen (secondary N) is 1. The van der Waals surface area contributed by atoms with Crippen LogP contribution >= 0.6 is 24.0 Å². The van der Waals surface area contributed by atoms with Gasteiger partial charge in [0.05, 0.1) is 5.69 Å². The zero-order valence-corrected chi connectivity index (χ0v) is 21.8. The average molecular weight is 559 g/mol. The molecule has 0 amide bonds. The Hall–Kier alpha value is -1.13. The second-order valence-electron chi connectivity index (χ2n) is 9.00. The summed E-state index contributed by atoms with van der Waals surface area (Å²) in [6.45, 7) is 13.5. The smallest absolute Gasteiger partial charge is 0.193 e. The Morgan fingerprint density at radius 2 is 1.81 bits per heavy atom. The lowest BCUT2D eigenvalue weighted by atomic mass is 10.2. The summed E-state index contributed by atoms with van der Waals surface area (Å²) in [6.07, 6.45) is 5.05. The van der Waals surface area contributed by atoms with Crippen molar-refractivity contribution < 1.29 is 4.39 Å². The molecule has 1 N–H and O–H groups in total. The molecule has 32 heavy (non-hydrogen) atoms. The van der Waals surface area contributed by atoms with Crippen molar-refractivity contribution >= 4 is 35.6 Å². The van der Waals surface area contributed by atoms with Gasteiger partial charge in [-0.25, -0.2) is 4.39 Å². The number of piperazine rings is 1. The van der Waals surface area contributed by atoms with Gasteiger partial charge in [-0.05, 0) is 57.8 Å². The largest absolute Gasteiger partial charge is 0.367 e. The highest BCUT2D eigenvalue weighted by Crippen LogP contribution is 2.21. The second-order valence-corrected chi connectivity index (χ2v) is 9.00. The number of hydrogen-bond acceptors (Lipinski definition) is 4. The van der Waals surface area contributed by atoms with Crippen LogP contribution in [0.1, 0.15) is 32.6 Å². The first-order valence-corrected chi connectivity index (χ1v) is 12.2. The van der Waals surface area contributed by atoms with Crippen LogP contribution in [0.3, 0.4) is 0 Å². The number of likely N-dealkylation sites (tertiary alicyclic amines) is 2. The fourth-order valence-electron chi connectivity index (χ4n) is 5.16. The van der Waals surface area contributed by atoms with Crippen molar-refractivity contribution in [2.75, 3.05) is 76.9 Å². The van der Waals surface area contributed by atoms with E-state index in [1.54, 1.807) is 12.1 Å². The van der Waals surface area contributed by atoms with E-state index in [-0.39, 0.29) is 29.8 Å². The van der Waals surface area contributed by atoms with Crippen molar-refractivity contribution in [1.29, 1.82) is 0 Å². The van der Waals surface area contributed by atoms with Crippen LogP contribution in [0.5, 0.6) is 0 Å². The van der Waals surface area contributed by atoms with Crippen LogP contribution in [0.4, 0.5) is 10.1 Å². The minimum absolute atomic E-state index is 0. The Bertz CT molecular complexity index is 718. The molecule has 6 nitrogen and oxygen atoms in total. The molecule has 0 aromatic heterocycles. The molecule has 3 aliphatic heterocycles. The summed E-state index contributed by atoms with van der Waals surface area (Å²) in [5, 5.41) is 3.51. The standard InChI is InChI=1S/C24H39FN6.HI/c1-2-26-24(31-15-10-21(20-31)29-13-5-6-14-29)27-11-7-12-28-16-18-30(19-17-28)23-9-4-3-8-22(23)25;/h3-4,8-9,21H,2,5-7,10-20H2,1H3,(H,26,27);1H. The molecule has 4 rings (SSSR count). The predicted molar refractivity (Wildman–Crippen MR) is 142 cm³/mol. The number of nitrogens with zero attached hydrogens (tertiary/aromatic N) is 5. The minimum atomic E-state index is -0.116. The summed E-state index contributed by atoms with van der Waals surface area (Å²) in [4.78, 5) is 14.7. The first-order valence-electron chi connectivity index (χ1n) is 12.2. The van der Waals surface area contributed by atoms with Gasteiger partial charge in [-0.3, -0.25) is 14.8 Å². The Morgan fingerprint density at radius 1 is 1.06 bits per heavy atom. The molecule has 3 saturated heterocycles. The van der Waals surface area contributed by atoms with Gasteiger partial charge in [0.2, 0.25) is 0 Å². The Morgan fingerprint density at radius 3 is 2.53 bits per heavy atom. The van der Waals surface area contributed by atoms with Gasteiger partial charge in [-0.15, -0.1) is 24.0 Å². The van der Waals surface area contributed by atoms with Gasteiger partial charge in [-0.1, -0.05) is 12.1 Å². The van der Waals surface area contributed by atoms with E-state index in [2.05, 4.69) is 31.8 Å². The van der Waals surface area contributed by atoms with Gasteiger partial charge in [0, 0.05) is 64.9 Å². The molecule has 0 bridgehead atoms. The zero-order valence-electron chi connectivity index (χ0n) is 19.5. The lowest BCUT2D eigenvalue weighted by Crippen LogP contribution is -2.47. The molecule has 1 aromatic rings. The van der Waals surface area contributed by atoms with E-state index in [9.17, 15) is 4.39 Å². The minimum Gasteiger partial charge on any atom is -0.367 e. The summed E-state index contributed by atoms with van der Waals surface area (Å²) in [6, 6.07) is 7.81. The number of halogens is 2. The fourth-order valence-corrected chi connectivity index (χ4v) is 5.16. The normalized spacial score (nSPS) is 22.9. The number of guanidine groups is 1. The molecule has 1 atom stereocenters. The van der Waals surface area contributed by atoms with Crippen LogP contribution < -0.4 is 10.2 Å². The molecule has 8 heteroatoms. The average Bonchev–Trinajstić information content (AvgIpc) is 3.49. The van der Waals surface area contributed by atoms with E-state index >= 15 is 0 Å². The highest BCUT2D eigenvalue weighted by molar-refractivity contribution is 14.0. The summed E-state index contributed by atoms with van der Waals surface area (Å²) in [5.41, 5.74) is 0.736.